The molecule has 1 fully saturated rings. The molecular formula is C21H25ClN2O4S. The van der Waals surface area contributed by atoms with E-state index < -0.39 is 10.0 Å². The Morgan fingerprint density at radius 1 is 1.14 bits per heavy atom. The maximum Gasteiger partial charge on any atom is 0.246 e. The number of hydrogen-bond acceptors (Lipinski definition) is 4. The average molecular weight is 437 g/mol. The first-order valence-corrected chi connectivity index (χ1v) is 11.5. The SMILES string of the molecule is CCOc1ccc(NC(=O)Cc2ccccc2Cl)cc1S(=O)(=O)N1CCCCC1. The zero-order valence-electron chi connectivity index (χ0n) is 16.4. The standard InChI is InChI=1S/C21H25ClN2O4S/c1-2-28-19-11-10-17(23-21(25)14-16-8-4-5-9-18(16)22)15-20(19)29(26,27)24-12-6-3-7-13-24/h4-5,8-11,15H,2-3,6-7,12-14H2,1H3,(H,23,25). The molecule has 1 saturated heterocycles. The fraction of sp³-hybridized carbons (Fsp3) is 0.381. The lowest BCUT2D eigenvalue weighted by Gasteiger charge is -2.27. The van der Waals surface area contributed by atoms with Gasteiger partial charge in [0.15, 0.2) is 0 Å². The van der Waals surface area contributed by atoms with Crippen LogP contribution in [0.2, 0.25) is 5.02 Å². The molecule has 156 valence electrons. The number of carbonyl (C=O) groups is 1. The lowest BCUT2D eigenvalue weighted by Crippen LogP contribution is -2.35. The largest absolute Gasteiger partial charge is 0.492 e. The van der Waals surface area contributed by atoms with Crippen LogP contribution < -0.4 is 10.1 Å². The summed E-state index contributed by atoms with van der Waals surface area (Å²) in [6, 6.07) is 11.8. The van der Waals surface area contributed by atoms with Gasteiger partial charge < -0.3 is 10.1 Å². The van der Waals surface area contributed by atoms with E-state index in [-0.39, 0.29) is 17.2 Å². The van der Waals surface area contributed by atoms with Gasteiger partial charge in [-0.2, -0.15) is 4.31 Å². The van der Waals surface area contributed by atoms with Crippen molar-refractivity contribution in [3.8, 4) is 5.75 Å². The zero-order chi connectivity index (χ0) is 20.9. The first-order chi connectivity index (χ1) is 13.9. The number of hydrogen-bond donors (Lipinski definition) is 1. The van der Waals surface area contributed by atoms with Gasteiger partial charge in [0, 0.05) is 23.8 Å². The van der Waals surface area contributed by atoms with Crippen LogP contribution in [-0.4, -0.2) is 38.3 Å². The number of halogens is 1. The maximum atomic E-state index is 13.2. The summed E-state index contributed by atoms with van der Waals surface area (Å²) >= 11 is 6.12. The van der Waals surface area contributed by atoms with Gasteiger partial charge in [0.25, 0.3) is 0 Å². The second-order valence-corrected chi connectivity index (χ2v) is 9.19. The Morgan fingerprint density at radius 2 is 1.86 bits per heavy atom. The van der Waals surface area contributed by atoms with Crippen molar-refractivity contribution in [2.75, 3.05) is 25.0 Å². The van der Waals surface area contributed by atoms with Crippen LogP contribution in [0.15, 0.2) is 47.4 Å². The van der Waals surface area contributed by atoms with Crippen molar-refractivity contribution in [3.05, 3.63) is 53.1 Å². The van der Waals surface area contributed by atoms with Crippen molar-refractivity contribution in [1.82, 2.24) is 4.31 Å². The van der Waals surface area contributed by atoms with Crippen LogP contribution >= 0.6 is 11.6 Å². The lowest BCUT2D eigenvalue weighted by atomic mass is 10.1. The molecule has 0 bridgehead atoms. The minimum Gasteiger partial charge on any atom is -0.492 e. The summed E-state index contributed by atoms with van der Waals surface area (Å²) in [6.45, 7) is 3.14. The lowest BCUT2D eigenvalue weighted by molar-refractivity contribution is -0.115. The molecule has 0 unspecified atom stereocenters. The third-order valence-electron chi connectivity index (χ3n) is 4.77. The van der Waals surface area contributed by atoms with Gasteiger partial charge in [-0.1, -0.05) is 36.2 Å². The molecule has 0 aliphatic carbocycles. The number of carbonyl (C=O) groups excluding carboxylic acids is 1. The number of piperidine rings is 1. The minimum absolute atomic E-state index is 0.0804. The van der Waals surface area contributed by atoms with Gasteiger partial charge in [-0.25, -0.2) is 8.42 Å². The second kappa shape index (κ2) is 9.61. The van der Waals surface area contributed by atoms with E-state index in [0.717, 1.165) is 19.3 Å². The van der Waals surface area contributed by atoms with Crippen LogP contribution in [0.3, 0.4) is 0 Å². The van der Waals surface area contributed by atoms with E-state index in [0.29, 0.717) is 41.7 Å². The Labute approximate surface area is 176 Å². The number of ether oxygens (including phenoxy) is 1. The molecule has 0 aromatic heterocycles. The van der Waals surface area contributed by atoms with Gasteiger partial charge in [0.2, 0.25) is 15.9 Å². The predicted octanol–water partition coefficient (Wildman–Crippen LogP) is 4.09. The number of rotatable bonds is 7. The van der Waals surface area contributed by atoms with Crippen molar-refractivity contribution in [3.63, 3.8) is 0 Å². The first-order valence-electron chi connectivity index (χ1n) is 9.72. The molecule has 1 amide bonds. The summed E-state index contributed by atoms with van der Waals surface area (Å²) < 4.78 is 33.4. The normalized spacial score (nSPS) is 15.1. The van der Waals surface area contributed by atoms with E-state index in [1.165, 1.54) is 10.4 Å². The van der Waals surface area contributed by atoms with Crippen LogP contribution in [0, 0.1) is 0 Å². The molecule has 1 aliphatic heterocycles. The van der Waals surface area contributed by atoms with Crippen LogP contribution in [0.5, 0.6) is 5.75 Å². The van der Waals surface area contributed by atoms with Gasteiger partial charge >= 0.3 is 0 Å². The number of sulfonamides is 1. The molecule has 1 aliphatic rings. The van der Waals surface area contributed by atoms with E-state index in [9.17, 15) is 13.2 Å². The molecule has 6 nitrogen and oxygen atoms in total. The van der Waals surface area contributed by atoms with Crippen molar-refractivity contribution >= 4 is 33.2 Å². The molecule has 1 heterocycles. The molecule has 0 saturated carbocycles. The highest BCUT2D eigenvalue weighted by Crippen LogP contribution is 2.31. The fourth-order valence-electron chi connectivity index (χ4n) is 3.33. The number of nitrogens with zero attached hydrogens (tertiary/aromatic N) is 1. The molecule has 2 aromatic carbocycles. The van der Waals surface area contributed by atoms with Crippen LogP contribution in [0.25, 0.3) is 0 Å². The molecular weight excluding hydrogens is 412 g/mol. The smallest absolute Gasteiger partial charge is 0.246 e. The minimum atomic E-state index is -3.70. The molecule has 8 heteroatoms. The Kier molecular flexibility index (Phi) is 7.16. The van der Waals surface area contributed by atoms with Gasteiger partial charge in [-0.3, -0.25) is 4.79 Å². The Morgan fingerprint density at radius 3 is 2.55 bits per heavy atom. The first kappa shape index (κ1) is 21.6. The monoisotopic (exact) mass is 436 g/mol. The molecule has 2 aromatic rings. The topological polar surface area (TPSA) is 75.7 Å². The zero-order valence-corrected chi connectivity index (χ0v) is 17.9. The Bertz CT molecular complexity index is 972. The summed E-state index contributed by atoms with van der Waals surface area (Å²) in [6.07, 6.45) is 2.82. The van der Waals surface area contributed by atoms with Crippen molar-refractivity contribution < 1.29 is 17.9 Å². The predicted molar refractivity (Wildman–Crippen MR) is 114 cm³/mol. The molecule has 1 N–H and O–H groups in total. The molecule has 0 radical (unpaired) electrons. The van der Waals surface area contributed by atoms with Gasteiger partial charge in [0.05, 0.1) is 13.0 Å². The average Bonchev–Trinajstić information content (AvgIpc) is 2.71. The second-order valence-electron chi connectivity index (χ2n) is 6.88. The summed E-state index contributed by atoms with van der Waals surface area (Å²) in [5.74, 6) is 0.0192. The summed E-state index contributed by atoms with van der Waals surface area (Å²) in [5, 5.41) is 3.28. The highest BCUT2D eigenvalue weighted by atomic mass is 35.5. The number of amides is 1. The molecule has 0 spiro atoms. The maximum absolute atomic E-state index is 13.2. The van der Waals surface area contributed by atoms with Gasteiger partial charge in [-0.05, 0) is 49.6 Å². The third-order valence-corrected chi connectivity index (χ3v) is 7.06. The van der Waals surface area contributed by atoms with Crippen molar-refractivity contribution in [2.45, 2.75) is 37.5 Å². The summed E-state index contributed by atoms with van der Waals surface area (Å²) in [7, 11) is -3.70. The van der Waals surface area contributed by atoms with E-state index in [1.807, 2.05) is 6.07 Å². The summed E-state index contributed by atoms with van der Waals surface area (Å²) in [4.78, 5) is 12.5. The van der Waals surface area contributed by atoms with E-state index in [4.69, 9.17) is 16.3 Å². The quantitative estimate of drug-likeness (QED) is 0.709. The highest BCUT2D eigenvalue weighted by molar-refractivity contribution is 7.89. The molecule has 0 atom stereocenters. The number of anilines is 1. The Hall–Kier alpha value is -2.09. The van der Waals surface area contributed by atoms with Gasteiger partial charge in [0.1, 0.15) is 10.6 Å². The van der Waals surface area contributed by atoms with Crippen LogP contribution in [-0.2, 0) is 21.2 Å². The van der Waals surface area contributed by atoms with Gasteiger partial charge in [-0.15, -0.1) is 0 Å². The van der Waals surface area contributed by atoms with E-state index >= 15 is 0 Å². The van der Waals surface area contributed by atoms with Crippen molar-refractivity contribution in [1.29, 1.82) is 0 Å². The van der Waals surface area contributed by atoms with E-state index in [2.05, 4.69) is 5.32 Å². The van der Waals surface area contributed by atoms with Crippen molar-refractivity contribution in [2.24, 2.45) is 0 Å². The highest BCUT2D eigenvalue weighted by Gasteiger charge is 2.29. The third kappa shape index (κ3) is 5.29. The molecule has 3 rings (SSSR count). The Balaban J connectivity index is 1.84. The van der Waals surface area contributed by atoms with Crippen LogP contribution in [0.4, 0.5) is 5.69 Å². The molecule has 29 heavy (non-hydrogen) atoms. The number of nitrogens with one attached hydrogen (secondary N) is 1. The van der Waals surface area contributed by atoms with Crippen LogP contribution in [0.1, 0.15) is 31.7 Å². The summed E-state index contributed by atoms with van der Waals surface area (Å²) in [5.41, 5.74) is 1.11. The number of benzene rings is 2. The fourth-order valence-corrected chi connectivity index (χ4v) is 5.20. The van der Waals surface area contributed by atoms with E-state index in [1.54, 1.807) is 37.3 Å².